The molecule has 1 amide bonds. The number of hydrogen-bond acceptors (Lipinski definition) is 4. The third kappa shape index (κ3) is 2.57. The highest BCUT2D eigenvalue weighted by molar-refractivity contribution is 5.88. The summed E-state index contributed by atoms with van der Waals surface area (Å²) in [5.41, 5.74) is 2.04. The van der Waals surface area contributed by atoms with Gasteiger partial charge in [0.1, 0.15) is 5.82 Å². The Labute approximate surface area is 178 Å². The smallest absolute Gasteiger partial charge is 0.249 e. The lowest BCUT2D eigenvalue weighted by atomic mass is 9.34. The van der Waals surface area contributed by atoms with Gasteiger partial charge in [-0.2, -0.15) is 15.5 Å². The number of hydrazone groups is 1. The predicted molar refractivity (Wildman–Crippen MR) is 112 cm³/mol. The van der Waals surface area contributed by atoms with Crippen molar-refractivity contribution >= 4 is 23.0 Å². The molecule has 3 fully saturated rings. The van der Waals surface area contributed by atoms with Crippen LogP contribution in [0, 0.1) is 28.0 Å². The fourth-order valence-electron chi connectivity index (χ4n) is 5.85. The summed E-state index contributed by atoms with van der Waals surface area (Å²) in [5, 5.41) is 20.1. The molecule has 0 saturated heterocycles. The quantitative estimate of drug-likeness (QED) is 0.644. The molecule has 1 aliphatic heterocycles. The first-order chi connectivity index (χ1) is 15.0. The first-order valence-electron chi connectivity index (χ1n) is 10.5. The van der Waals surface area contributed by atoms with Crippen LogP contribution in [-0.2, 0) is 11.3 Å². The SMILES string of the molecule is N#Cc1cccc(C2CC=NN2C(=O)C23CC(Cn4ncc5c(F)cccc54)(C2)C3)c1. The number of carbonyl (C=O) groups excluding carboxylic acids is 1. The third-order valence-corrected chi connectivity index (χ3v) is 7.15. The summed E-state index contributed by atoms with van der Waals surface area (Å²) < 4.78 is 15.8. The van der Waals surface area contributed by atoms with Gasteiger partial charge in [0.15, 0.2) is 0 Å². The maximum Gasteiger partial charge on any atom is 0.249 e. The Hall–Kier alpha value is -3.53. The molecule has 3 saturated carbocycles. The van der Waals surface area contributed by atoms with Crippen LogP contribution in [0.2, 0.25) is 0 Å². The van der Waals surface area contributed by atoms with Crippen LogP contribution in [0.3, 0.4) is 0 Å². The molecule has 7 rings (SSSR count). The molecule has 6 nitrogen and oxygen atoms in total. The monoisotopic (exact) mass is 413 g/mol. The lowest BCUT2D eigenvalue weighted by Gasteiger charge is -2.69. The van der Waals surface area contributed by atoms with E-state index in [-0.39, 0.29) is 28.6 Å². The molecule has 4 aliphatic rings. The van der Waals surface area contributed by atoms with Crippen LogP contribution in [-0.4, -0.2) is 26.9 Å². The van der Waals surface area contributed by atoms with Crippen molar-refractivity contribution in [3.8, 4) is 6.07 Å². The van der Waals surface area contributed by atoms with E-state index in [0.29, 0.717) is 23.9 Å². The van der Waals surface area contributed by atoms with Crippen molar-refractivity contribution in [2.24, 2.45) is 15.9 Å². The number of aromatic nitrogens is 2. The standard InChI is InChI=1S/C24H20FN5O/c25-19-5-2-6-21-18(19)11-28-29(21)15-23-12-24(13-23,14-23)22(31)30-20(7-8-27-30)17-4-1-3-16(9-17)10-26/h1-6,8-9,11,20H,7,12-15H2. The molecule has 0 spiro atoms. The minimum atomic E-state index is -0.346. The van der Waals surface area contributed by atoms with E-state index in [1.165, 1.54) is 6.07 Å². The summed E-state index contributed by atoms with van der Waals surface area (Å²) in [4.78, 5) is 13.4. The number of hydrogen-bond donors (Lipinski definition) is 0. The Morgan fingerprint density at radius 3 is 2.84 bits per heavy atom. The summed E-state index contributed by atoms with van der Waals surface area (Å²) in [5.74, 6) is -0.182. The molecule has 0 radical (unpaired) electrons. The maximum atomic E-state index is 14.0. The largest absolute Gasteiger partial charge is 0.272 e. The topological polar surface area (TPSA) is 74.3 Å². The molecule has 7 heteroatoms. The normalized spacial score (nSPS) is 28.3. The van der Waals surface area contributed by atoms with Gasteiger partial charge >= 0.3 is 0 Å². The van der Waals surface area contributed by atoms with E-state index in [2.05, 4.69) is 16.3 Å². The van der Waals surface area contributed by atoms with E-state index >= 15 is 0 Å². The van der Waals surface area contributed by atoms with Gasteiger partial charge in [-0.1, -0.05) is 18.2 Å². The van der Waals surface area contributed by atoms with Gasteiger partial charge in [0, 0.05) is 19.2 Å². The average Bonchev–Trinajstić information content (AvgIpc) is 3.37. The van der Waals surface area contributed by atoms with Crippen LogP contribution < -0.4 is 0 Å². The van der Waals surface area contributed by atoms with Crippen LogP contribution in [0.15, 0.2) is 53.8 Å². The number of nitrogens with zero attached hydrogens (tertiary/aromatic N) is 5. The molecule has 1 aromatic heterocycles. The molecular formula is C24H20FN5O. The van der Waals surface area contributed by atoms with Crippen LogP contribution in [0.5, 0.6) is 0 Å². The molecule has 31 heavy (non-hydrogen) atoms. The lowest BCUT2D eigenvalue weighted by molar-refractivity contribution is -0.223. The van der Waals surface area contributed by atoms with E-state index in [1.54, 1.807) is 29.6 Å². The van der Waals surface area contributed by atoms with Crippen molar-refractivity contribution in [1.29, 1.82) is 5.26 Å². The number of rotatable bonds is 4. The molecular weight excluding hydrogens is 393 g/mol. The summed E-state index contributed by atoms with van der Waals surface area (Å²) in [6.07, 6.45) is 6.46. The van der Waals surface area contributed by atoms with E-state index in [4.69, 9.17) is 0 Å². The minimum absolute atomic E-state index is 0.0561. The Morgan fingerprint density at radius 1 is 1.23 bits per heavy atom. The lowest BCUT2D eigenvalue weighted by Crippen LogP contribution is -2.68. The number of carbonyl (C=O) groups is 1. The minimum Gasteiger partial charge on any atom is -0.272 e. The first kappa shape index (κ1) is 18.3. The van der Waals surface area contributed by atoms with Crippen LogP contribution >= 0.6 is 0 Å². The van der Waals surface area contributed by atoms with Gasteiger partial charge in [0.05, 0.1) is 40.2 Å². The van der Waals surface area contributed by atoms with Crippen molar-refractivity contribution in [2.45, 2.75) is 38.3 Å². The molecule has 1 atom stereocenters. The van der Waals surface area contributed by atoms with Gasteiger partial charge in [0.25, 0.3) is 0 Å². The maximum absolute atomic E-state index is 14.0. The van der Waals surface area contributed by atoms with Crippen molar-refractivity contribution in [1.82, 2.24) is 14.8 Å². The summed E-state index contributed by atoms with van der Waals surface area (Å²) in [6, 6.07) is 14.5. The first-order valence-corrected chi connectivity index (χ1v) is 10.5. The zero-order chi connectivity index (χ0) is 21.2. The molecule has 0 N–H and O–H groups in total. The van der Waals surface area contributed by atoms with Crippen LogP contribution in [0.25, 0.3) is 10.9 Å². The summed E-state index contributed by atoms with van der Waals surface area (Å²) >= 11 is 0. The van der Waals surface area contributed by atoms with Gasteiger partial charge in [-0.15, -0.1) is 0 Å². The average molecular weight is 413 g/mol. The third-order valence-electron chi connectivity index (χ3n) is 7.15. The second kappa shape index (κ2) is 6.24. The zero-order valence-electron chi connectivity index (χ0n) is 16.8. The highest BCUT2D eigenvalue weighted by atomic mass is 19.1. The van der Waals surface area contributed by atoms with Gasteiger partial charge in [-0.25, -0.2) is 9.40 Å². The second-order valence-corrected chi connectivity index (χ2v) is 9.22. The summed E-state index contributed by atoms with van der Waals surface area (Å²) in [6.45, 7) is 0.700. The highest BCUT2D eigenvalue weighted by Crippen LogP contribution is 2.74. The number of halogens is 1. The van der Waals surface area contributed by atoms with Crippen molar-refractivity contribution in [3.63, 3.8) is 0 Å². The molecule has 154 valence electrons. The van der Waals surface area contributed by atoms with Gasteiger partial charge in [0.2, 0.25) is 5.91 Å². The number of nitriles is 1. The Morgan fingerprint density at radius 2 is 2.03 bits per heavy atom. The Balaban J connectivity index is 1.18. The molecule has 1 unspecified atom stereocenters. The van der Waals surface area contributed by atoms with E-state index in [1.807, 2.05) is 28.9 Å². The van der Waals surface area contributed by atoms with Crippen LogP contribution in [0.4, 0.5) is 4.39 Å². The molecule has 2 aromatic carbocycles. The molecule has 2 bridgehead atoms. The van der Waals surface area contributed by atoms with Gasteiger partial charge in [-0.3, -0.25) is 9.48 Å². The van der Waals surface area contributed by atoms with Crippen molar-refractivity contribution in [2.75, 3.05) is 0 Å². The second-order valence-electron chi connectivity index (χ2n) is 9.22. The summed E-state index contributed by atoms with van der Waals surface area (Å²) in [7, 11) is 0. The van der Waals surface area contributed by atoms with Crippen molar-refractivity contribution < 1.29 is 9.18 Å². The van der Waals surface area contributed by atoms with E-state index in [9.17, 15) is 14.4 Å². The molecule has 3 aliphatic carbocycles. The number of benzene rings is 2. The van der Waals surface area contributed by atoms with Crippen molar-refractivity contribution in [3.05, 3.63) is 65.6 Å². The molecule has 2 heterocycles. The van der Waals surface area contributed by atoms with Gasteiger partial charge in [-0.05, 0) is 54.5 Å². The predicted octanol–water partition coefficient (Wildman–Crippen LogP) is 4.18. The fourth-order valence-corrected chi connectivity index (χ4v) is 5.85. The zero-order valence-corrected chi connectivity index (χ0v) is 16.8. The Bertz CT molecular complexity index is 1280. The number of amides is 1. The fraction of sp³-hybridized carbons (Fsp3) is 0.333. The molecule has 3 aromatic rings. The van der Waals surface area contributed by atoms with Crippen LogP contribution in [0.1, 0.15) is 42.9 Å². The van der Waals surface area contributed by atoms with Gasteiger partial charge < -0.3 is 0 Å². The van der Waals surface area contributed by atoms with E-state index in [0.717, 1.165) is 30.3 Å². The van der Waals surface area contributed by atoms with E-state index < -0.39 is 0 Å². The number of fused-ring (bicyclic) bond motifs is 1. The highest BCUT2D eigenvalue weighted by Gasteiger charge is 2.72. The Kier molecular flexibility index (Phi) is 3.67.